The standard InChI is InChI=1S/C12H24N2O2S/c1-10(11-3-4-11)13-6-7-14(2)12-5-8-17(15,16)9-12/h10-13H,3-9H2,1-2H3. The van der Waals surface area contributed by atoms with E-state index in [0.717, 1.165) is 25.4 Å². The van der Waals surface area contributed by atoms with Gasteiger partial charge in [-0.2, -0.15) is 0 Å². The van der Waals surface area contributed by atoms with Crippen LogP contribution in [0.25, 0.3) is 0 Å². The predicted octanol–water partition coefficient (Wildman–Crippen LogP) is 0.493. The molecule has 1 N–H and O–H groups in total. The van der Waals surface area contributed by atoms with E-state index >= 15 is 0 Å². The highest BCUT2D eigenvalue weighted by molar-refractivity contribution is 7.91. The van der Waals surface area contributed by atoms with Crippen molar-refractivity contribution in [1.82, 2.24) is 10.2 Å². The fourth-order valence-electron chi connectivity index (χ4n) is 2.54. The summed E-state index contributed by atoms with van der Waals surface area (Å²) in [6, 6.07) is 0.855. The molecule has 1 heterocycles. The third-order valence-corrected chi connectivity index (χ3v) is 5.84. The normalized spacial score (nSPS) is 29.7. The van der Waals surface area contributed by atoms with Gasteiger partial charge in [-0.05, 0) is 39.2 Å². The van der Waals surface area contributed by atoms with E-state index in [1.807, 2.05) is 7.05 Å². The Bertz CT molecular complexity index is 352. The van der Waals surface area contributed by atoms with Crippen LogP contribution in [0.3, 0.4) is 0 Å². The van der Waals surface area contributed by atoms with Crippen LogP contribution in [0.4, 0.5) is 0 Å². The number of hydrogen-bond acceptors (Lipinski definition) is 4. The maximum Gasteiger partial charge on any atom is 0.151 e. The molecule has 2 rings (SSSR count). The second kappa shape index (κ2) is 5.24. The lowest BCUT2D eigenvalue weighted by Crippen LogP contribution is -2.40. The molecule has 0 aromatic carbocycles. The molecule has 0 spiro atoms. The van der Waals surface area contributed by atoms with Crippen molar-refractivity contribution < 1.29 is 8.42 Å². The molecule has 1 saturated heterocycles. The summed E-state index contributed by atoms with van der Waals surface area (Å²) < 4.78 is 22.8. The molecule has 5 heteroatoms. The van der Waals surface area contributed by atoms with Crippen molar-refractivity contribution in [2.45, 2.75) is 38.3 Å². The molecule has 1 aliphatic carbocycles. The number of hydrogen-bond donors (Lipinski definition) is 1. The fraction of sp³-hybridized carbons (Fsp3) is 1.00. The Hall–Kier alpha value is -0.130. The van der Waals surface area contributed by atoms with Crippen LogP contribution in [0.15, 0.2) is 0 Å². The van der Waals surface area contributed by atoms with Crippen molar-refractivity contribution in [3.63, 3.8) is 0 Å². The van der Waals surface area contributed by atoms with Crippen LogP contribution in [0.2, 0.25) is 0 Å². The molecule has 1 saturated carbocycles. The summed E-state index contributed by atoms with van der Waals surface area (Å²) in [6.07, 6.45) is 3.53. The molecular formula is C12H24N2O2S. The summed E-state index contributed by atoms with van der Waals surface area (Å²) in [6.45, 7) is 4.15. The highest BCUT2D eigenvalue weighted by atomic mass is 32.2. The number of nitrogens with one attached hydrogen (secondary N) is 1. The molecule has 0 amide bonds. The number of sulfone groups is 1. The predicted molar refractivity (Wildman–Crippen MR) is 69.9 cm³/mol. The Morgan fingerprint density at radius 2 is 2.06 bits per heavy atom. The van der Waals surface area contributed by atoms with Crippen molar-refractivity contribution >= 4 is 9.84 Å². The molecule has 0 radical (unpaired) electrons. The molecule has 100 valence electrons. The van der Waals surface area contributed by atoms with E-state index in [1.54, 1.807) is 0 Å². The van der Waals surface area contributed by atoms with Gasteiger partial charge in [0.15, 0.2) is 9.84 Å². The van der Waals surface area contributed by atoms with Crippen LogP contribution in [0.5, 0.6) is 0 Å². The van der Waals surface area contributed by atoms with Gasteiger partial charge >= 0.3 is 0 Å². The maximum atomic E-state index is 11.4. The van der Waals surface area contributed by atoms with Crippen molar-refractivity contribution in [2.75, 3.05) is 31.6 Å². The summed E-state index contributed by atoms with van der Waals surface area (Å²) >= 11 is 0. The van der Waals surface area contributed by atoms with E-state index in [-0.39, 0.29) is 6.04 Å². The average Bonchev–Trinajstić information content (AvgIpc) is 3.03. The van der Waals surface area contributed by atoms with Gasteiger partial charge in [-0.1, -0.05) is 0 Å². The van der Waals surface area contributed by atoms with Crippen LogP contribution in [0.1, 0.15) is 26.2 Å². The Balaban J connectivity index is 1.65. The minimum atomic E-state index is -2.75. The van der Waals surface area contributed by atoms with E-state index in [2.05, 4.69) is 17.1 Å². The molecule has 0 bridgehead atoms. The van der Waals surface area contributed by atoms with Gasteiger partial charge in [0.1, 0.15) is 0 Å². The lowest BCUT2D eigenvalue weighted by Gasteiger charge is -2.24. The van der Waals surface area contributed by atoms with Gasteiger partial charge in [0.05, 0.1) is 11.5 Å². The quantitative estimate of drug-likeness (QED) is 0.755. The van der Waals surface area contributed by atoms with Gasteiger partial charge < -0.3 is 10.2 Å². The largest absolute Gasteiger partial charge is 0.313 e. The summed E-state index contributed by atoms with van der Waals surface area (Å²) in [5, 5.41) is 3.53. The van der Waals surface area contributed by atoms with Crippen molar-refractivity contribution in [3.8, 4) is 0 Å². The first kappa shape index (κ1) is 13.3. The van der Waals surface area contributed by atoms with Gasteiger partial charge in [0.25, 0.3) is 0 Å². The van der Waals surface area contributed by atoms with Gasteiger partial charge in [0, 0.05) is 25.2 Å². The zero-order chi connectivity index (χ0) is 12.5. The van der Waals surface area contributed by atoms with E-state index in [4.69, 9.17) is 0 Å². The average molecular weight is 260 g/mol. The van der Waals surface area contributed by atoms with Gasteiger partial charge in [-0.15, -0.1) is 0 Å². The molecule has 0 aromatic rings. The van der Waals surface area contributed by atoms with E-state index in [1.165, 1.54) is 12.8 Å². The van der Waals surface area contributed by atoms with Crippen LogP contribution in [-0.4, -0.2) is 57.0 Å². The molecule has 2 unspecified atom stereocenters. The lowest BCUT2D eigenvalue weighted by molar-refractivity contribution is 0.257. The summed E-state index contributed by atoms with van der Waals surface area (Å²) in [4.78, 5) is 2.19. The fourth-order valence-corrected chi connectivity index (χ4v) is 4.34. The molecule has 2 atom stereocenters. The van der Waals surface area contributed by atoms with Gasteiger partial charge in [0.2, 0.25) is 0 Å². The summed E-state index contributed by atoms with van der Waals surface area (Å²) in [5.74, 6) is 1.60. The Kier molecular flexibility index (Phi) is 4.10. The van der Waals surface area contributed by atoms with Crippen molar-refractivity contribution in [1.29, 1.82) is 0 Å². The van der Waals surface area contributed by atoms with Crippen LogP contribution < -0.4 is 5.32 Å². The van der Waals surface area contributed by atoms with E-state index < -0.39 is 9.84 Å². The first-order valence-electron chi connectivity index (χ1n) is 6.62. The number of likely N-dealkylation sites (N-methyl/N-ethyl adjacent to an activating group) is 1. The minimum absolute atomic E-state index is 0.234. The summed E-state index contributed by atoms with van der Waals surface area (Å²) in [5.41, 5.74) is 0. The molecule has 17 heavy (non-hydrogen) atoms. The second-order valence-corrected chi connectivity index (χ2v) is 7.85. The third-order valence-electron chi connectivity index (χ3n) is 4.09. The number of nitrogens with zero attached hydrogens (tertiary/aromatic N) is 1. The molecule has 2 fully saturated rings. The smallest absolute Gasteiger partial charge is 0.151 e. The Morgan fingerprint density at radius 1 is 1.35 bits per heavy atom. The molecule has 4 nitrogen and oxygen atoms in total. The minimum Gasteiger partial charge on any atom is -0.313 e. The van der Waals surface area contributed by atoms with Crippen molar-refractivity contribution in [2.24, 2.45) is 5.92 Å². The maximum absolute atomic E-state index is 11.4. The zero-order valence-corrected chi connectivity index (χ0v) is 11.7. The van der Waals surface area contributed by atoms with Crippen LogP contribution in [-0.2, 0) is 9.84 Å². The molecule has 1 aliphatic heterocycles. The van der Waals surface area contributed by atoms with Gasteiger partial charge in [-0.3, -0.25) is 0 Å². The van der Waals surface area contributed by atoms with Crippen LogP contribution >= 0.6 is 0 Å². The SMILES string of the molecule is CC(NCCN(C)C1CCS(=O)(=O)C1)C1CC1. The molecule has 2 aliphatic rings. The lowest BCUT2D eigenvalue weighted by atomic mass is 10.2. The Labute approximate surface area is 105 Å². The van der Waals surface area contributed by atoms with E-state index in [0.29, 0.717) is 17.5 Å². The first-order valence-corrected chi connectivity index (χ1v) is 8.44. The van der Waals surface area contributed by atoms with E-state index in [9.17, 15) is 8.42 Å². The zero-order valence-electron chi connectivity index (χ0n) is 10.9. The van der Waals surface area contributed by atoms with Crippen LogP contribution in [0, 0.1) is 5.92 Å². The highest BCUT2D eigenvalue weighted by Crippen LogP contribution is 2.32. The topological polar surface area (TPSA) is 49.4 Å². The number of rotatable bonds is 6. The van der Waals surface area contributed by atoms with Gasteiger partial charge in [-0.25, -0.2) is 8.42 Å². The monoisotopic (exact) mass is 260 g/mol. The first-order chi connectivity index (χ1) is 7.98. The second-order valence-electron chi connectivity index (χ2n) is 5.62. The Morgan fingerprint density at radius 3 is 2.59 bits per heavy atom. The molecule has 0 aromatic heterocycles. The van der Waals surface area contributed by atoms with Crippen molar-refractivity contribution in [3.05, 3.63) is 0 Å². The third kappa shape index (κ3) is 3.93. The molecular weight excluding hydrogens is 236 g/mol. The highest BCUT2D eigenvalue weighted by Gasteiger charge is 2.31. The summed E-state index contributed by atoms with van der Waals surface area (Å²) in [7, 11) is -0.711.